The topological polar surface area (TPSA) is 66.8 Å². The molecule has 1 aliphatic heterocycles. The third kappa shape index (κ3) is 5.21. The van der Waals surface area contributed by atoms with Crippen LogP contribution in [0.4, 0.5) is 4.79 Å². The van der Waals surface area contributed by atoms with Crippen LogP contribution in [0.1, 0.15) is 60.3 Å². The average Bonchev–Trinajstić information content (AvgIpc) is 2.72. The molecule has 5 heteroatoms. The number of carbonyl (C=O) groups excluding carboxylic acids is 1. The average molecular weight is 299 g/mol. The van der Waals surface area contributed by atoms with Crippen LogP contribution in [0.15, 0.2) is 0 Å². The van der Waals surface area contributed by atoms with Gasteiger partial charge in [0.2, 0.25) is 0 Å². The SMILES string of the molecule is CC(C)CCCC1(C(=O)O)CCN(C(=O)OC(C)(C)C)C1. The highest BCUT2D eigenvalue weighted by atomic mass is 16.6. The number of ether oxygens (including phenoxy) is 1. The van der Waals surface area contributed by atoms with Gasteiger partial charge in [0.05, 0.1) is 5.41 Å². The molecule has 0 aromatic carbocycles. The summed E-state index contributed by atoms with van der Waals surface area (Å²) in [5, 5.41) is 9.58. The lowest BCUT2D eigenvalue weighted by Gasteiger charge is -2.27. The van der Waals surface area contributed by atoms with Crippen molar-refractivity contribution in [1.29, 1.82) is 0 Å². The maximum atomic E-state index is 12.1. The van der Waals surface area contributed by atoms with Crippen molar-refractivity contribution in [2.75, 3.05) is 13.1 Å². The van der Waals surface area contributed by atoms with E-state index in [4.69, 9.17) is 4.74 Å². The van der Waals surface area contributed by atoms with E-state index in [1.165, 1.54) is 4.90 Å². The van der Waals surface area contributed by atoms with E-state index in [0.29, 0.717) is 25.3 Å². The van der Waals surface area contributed by atoms with Crippen LogP contribution >= 0.6 is 0 Å². The summed E-state index contributed by atoms with van der Waals surface area (Å²) in [5.74, 6) is -0.225. The molecule has 0 saturated carbocycles. The van der Waals surface area contributed by atoms with Gasteiger partial charge in [0, 0.05) is 13.1 Å². The van der Waals surface area contributed by atoms with Crippen molar-refractivity contribution in [3.05, 3.63) is 0 Å². The van der Waals surface area contributed by atoms with Crippen molar-refractivity contribution in [2.24, 2.45) is 11.3 Å². The molecule has 5 nitrogen and oxygen atoms in total. The largest absolute Gasteiger partial charge is 0.481 e. The number of carbonyl (C=O) groups is 2. The lowest BCUT2D eigenvalue weighted by molar-refractivity contribution is -0.148. The predicted octanol–water partition coefficient (Wildman–Crippen LogP) is 3.52. The summed E-state index contributed by atoms with van der Waals surface area (Å²) in [6, 6.07) is 0. The van der Waals surface area contributed by atoms with Crippen LogP contribution in [0.5, 0.6) is 0 Å². The van der Waals surface area contributed by atoms with Gasteiger partial charge >= 0.3 is 12.1 Å². The zero-order chi connectivity index (χ0) is 16.3. The van der Waals surface area contributed by atoms with Gasteiger partial charge in [0.15, 0.2) is 0 Å². The minimum atomic E-state index is -0.800. The van der Waals surface area contributed by atoms with E-state index in [1.54, 1.807) is 0 Å². The second-order valence-corrected chi connectivity index (χ2v) is 7.52. The zero-order valence-electron chi connectivity index (χ0n) is 13.9. The highest BCUT2D eigenvalue weighted by Gasteiger charge is 2.46. The molecule has 1 amide bonds. The van der Waals surface area contributed by atoms with E-state index < -0.39 is 23.1 Å². The first-order valence-corrected chi connectivity index (χ1v) is 7.77. The van der Waals surface area contributed by atoms with Crippen molar-refractivity contribution < 1.29 is 19.4 Å². The fourth-order valence-electron chi connectivity index (χ4n) is 2.69. The maximum Gasteiger partial charge on any atom is 0.410 e. The molecule has 1 N–H and O–H groups in total. The van der Waals surface area contributed by atoms with E-state index in [1.807, 2.05) is 20.8 Å². The first kappa shape index (κ1) is 17.8. The summed E-state index contributed by atoms with van der Waals surface area (Å²) in [6.45, 7) is 10.4. The molecule has 1 saturated heterocycles. The summed E-state index contributed by atoms with van der Waals surface area (Å²) in [6.07, 6.45) is 2.63. The van der Waals surface area contributed by atoms with E-state index in [0.717, 1.165) is 12.8 Å². The van der Waals surface area contributed by atoms with Crippen molar-refractivity contribution in [1.82, 2.24) is 4.90 Å². The van der Waals surface area contributed by atoms with Gasteiger partial charge in [-0.05, 0) is 39.5 Å². The molecule has 0 spiro atoms. The number of rotatable bonds is 5. The second kappa shape index (κ2) is 6.67. The Hall–Kier alpha value is -1.26. The van der Waals surface area contributed by atoms with Crippen LogP contribution in [-0.2, 0) is 9.53 Å². The Labute approximate surface area is 127 Å². The van der Waals surface area contributed by atoms with Gasteiger partial charge in [-0.15, -0.1) is 0 Å². The molecular weight excluding hydrogens is 270 g/mol. The smallest absolute Gasteiger partial charge is 0.410 e. The van der Waals surface area contributed by atoms with E-state index in [-0.39, 0.29) is 6.54 Å². The summed E-state index contributed by atoms with van der Waals surface area (Å²) in [4.78, 5) is 25.3. The maximum absolute atomic E-state index is 12.1. The van der Waals surface area contributed by atoms with Gasteiger partial charge in [0.1, 0.15) is 5.60 Å². The lowest BCUT2D eigenvalue weighted by Crippen LogP contribution is -2.39. The second-order valence-electron chi connectivity index (χ2n) is 7.52. The molecule has 1 atom stereocenters. The van der Waals surface area contributed by atoms with Crippen LogP contribution in [0, 0.1) is 11.3 Å². The number of carboxylic acids is 1. The Kier molecular flexibility index (Phi) is 5.65. The number of amides is 1. The molecular formula is C16H29NO4. The first-order chi connectivity index (χ1) is 9.56. The Balaban J connectivity index is 2.65. The Bertz CT molecular complexity index is 386. The van der Waals surface area contributed by atoms with Gasteiger partial charge in [-0.1, -0.05) is 26.7 Å². The zero-order valence-corrected chi connectivity index (χ0v) is 13.9. The summed E-state index contributed by atoms with van der Waals surface area (Å²) in [7, 11) is 0. The van der Waals surface area contributed by atoms with Gasteiger partial charge in [-0.3, -0.25) is 4.79 Å². The third-order valence-electron chi connectivity index (χ3n) is 3.90. The summed E-state index contributed by atoms with van der Waals surface area (Å²) >= 11 is 0. The number of likely N-dealkylation sites (tertiary alicyclic amines) is 1. The molecule has 0 bridgehead atoms. The van der Waals surface area contributed by atoms with Crippen LogP contribution in [0.2, 0.25) is 0 Å². The van der Waals surface area contributed by atoms with Crippen LogP contribution in [0.25, 0.3) is 0 Å². The monoisotopic (exact) mass is 299 g/mol. The molecule has 21 heavy (non-hydrogen) atoms. The van der Waals surface area contributed by atoms with Crippen LogP contribution in [0.3, 0.4) is 0 Å². The van der Waals surface area contributed by atoms with E-state index in [9.17, 15) is 14.7 Å². The molecule has 0 aliphatic carbocycles. The normalized spacial score (nSPS) is 22.7. The molecule has 1 unspecified atom stereocenters. The Morgan fingerprint density at radius 1 is 1.33 bits per heavy atom. The quantitative estimate of drug-likeness (QED) is 0.843. The fraction of sp³-hybridized carbons (Fsp3) is 0.875. The highest BCUT2D eigenvalue weighted by Crippen LogP contribution is 2.37. The van der Waals surface area contributed by atoms with Gasteiger partial charge in [-0.2, -0.15) is 0 Å². The van der Waals surface area contributed by atoms with E-state index >= 15 is 0 Å². The molecule has 1 aliphatic rings. The fourth-order valence-corrected chi connectivity index (χ4v) is 2.69. The molecule has 122 valence electrons. The standard InChI is InChI=1S/C16H29NO4/c1-12(2)7-6-8-16(13(18)19)9-10-17(11-16)14(20)21-15(3,4)5/h12H,6-11H2,1-5H3,(H,18,19). The van der Waals surface area contributed by atoms with Gasteiger partial charge < -0.3 is 14.7 Å². The summed E-state index contributed by atoms with van der Waals surface area (Å²) < 4.78 is 5.33. The number of aliphatic carboxylic acids is 1. The molecule has 0 aromatic rings. The van der Waals surface area contributed by atoms with Gasteiger partial charge in [0.25, 0.3) is 0 Å². The summed E-state index contributed by atoms with van der Waals surface area (Å²) in [5.41, 5.74) is -1.35. The number of hydrogen-bond acceptors (Lipinski definition) is 3. The molecule has 0 radical (unpaired) electrons. The van der Waals surface area contributed by atoms with Crippen molar-refractivity contribution in [3.8, 4) is 0 Å². The molecule has 1 rings (SSSR count). The van der Waals surface area contributed by atoms with Crippen molar-refractivity contribution >= 4 is 12.1 Å². The van der Waals surface area contributed by atoms with Crippen molar-refractivity contribution in [3.63, 3.8) is 0 Å². The Morgan fingerprint density at radius 2 is 1.95 bits per heavy atom. The van der Waals surface area contributed by atoms with Crippen LogP contribution < -0.4 is 0 Å². The number of hydrogen-bond donors (Lipinski definition) is 1. The molecule has 1 heterocycles. The van der Waals surface area contributed by atoms with Gasteiger partial charge in [-0.25, -0.2) is 4.79 Å². The minimum Gasteiger partial charge on any atom is -0.481 e. The van der Waals surface area contributed by atoms with E-state index in [2.05, 4.69) is 13.8 Å². The third-order valence-corrected chi connectivity index (χ3v) is 3.90. The molecule has 1 fully saturated rings. The Morgan fingerprint density at radius 3 is 2.43 bits per heavy atom. The molecule has 0 aromatic heterocycles. The predicted molar refractivity (Wildman–Crippen MR) is 81.2 cm³/mol. The number of carboxylic acid groups (broad SMARTS) is 1. The number of nitrogens with zero attached hydrogens (tertiary/aromatic N) is 1. The van der Waals surface area contributed by atoms with Crippen molar-refractivity contribution in [2.45, 2.75) is 65.9 Å². The first-order valence-electron chi connectivity index (χ1n) is 7.77. The minimum absolute atomic E-state index is 0.259. The van der Waals surface area contributed by atoms with Crippen LogP contribution in [-0.4, -0.2) is 40.8 Å². The highest BCUT2D eigenvalue weighted by molar-refractivity contribution is 5.78. The lowest BCUT2D eigenvalue weighted by atomic mass is 9.81.